The van der Waals surface area contributed by atoms with E-state index in [0.717, 1.165) is 23.4 Å². The van der Waals surface area contributed by atoms with Crippen molar-refractivity contribution >= 4 is 11.4 Å². The van der Waals surface area contributed by atoms with E-state index in [1.807, 2.05) is 12.5 Å². The van der Waals surface area contributed by atoms with Crippen LogP contribution in [0.4, 0.5) is 0 Å². The summed E-state index contributed by atoms with van der Waals surface area (Å²) in [5.41, 5.74) is 11.4. The Morgan fingerprint density at radius 1 is 1.12 bits per heavy atom. The van der Waals surface area contributed by atoms with E-state index in [2.05, 4.69) is 77.1 Å². The van der Waals surface area contributed by atoms with E-state index >= 15 is 0 Å². The molecule has 1 N–H and O–H groups in total. The van der Waals surface area contributed by atoms with Crippen LogP contribution in [0.3, 0.4) is 0 Å². The van der Waals surface area contributed by atoms with Gasteiger partial charge in [-0.1, -0.05) is 55.1 Å². The first kappa shape index (κ1) is 15.1. The zero-order chi connectivity index (χ0) is 17.7. The van der Waals surface area contributed by atoms with Gasteiger partial charge in [0.2, 0.25) is 0 Å². The second kappa shape index (κ2) is 5.70. The summed E-state index contributed by atoms with van der Waals surface area (Å²) in [5.74, 6) is 0.473. The number of hydrogen-bond donors (Lipinski definition) is 1. The van der Waals surface area contributed by atoms with Crippen molar-refractivity contribution in [3.8, 4) is 0 Å². The molecule has 0 bridgehead atoms. The lowest BCUT2D eigenvalue weighted by Gasteiger charge is -2.37. The molecule has 5 rings (SSSR count). The summed E-state index contributed by atoms with van der Waals surface area (Å²) in [6, 6.07) is 17.2. The zero-order valence-corrected chi connectivity index (χ0v) is 14.7. The van der Waals surface area contributed by atoms with Crippen molar-refractivity contribution in [3.63, 3.8) is 0 Å². The Hall–Kier alpha value is -3.14. The van der Waals surface area contributed by atoms with E-state index in [4.69, 9.17) is 5.10 Å². The second-order valence-corrected chi connectivity index (χ2v) is 7.06. The molecule has 3 aromatic rings. The molecule has 128 valence electrons. The van der Waals surface area contributed by atoms with Gasteiger partial charge in [-0.25, -0.2) is 4.98 Å². The van der Waals surface area contributed by atoms with E-state index in [-0.39, 0.29) is 5.92 Å². The van der Waals surface area contributed by atoms with Gasteiger partial charge in [-0.2, -0.15) is 5.10 Å². The molecule has 2 heterocycles. The molecular weight excluding hydrogens is 320 g/mol. The van der Waals surface area contributed by atoms with Crippen LogP contribution >= 0.6 is 0 Å². The monoisotopic (exact) mass is 340 g/mol. The SMILES string of the molecule is C=C1NN=C2c3c(cccc31)CC(c1ccccc1)C2c1cncn1C. The molecule has 1 aliphatic carbocycles. The summed E-state index contributed by atoms with van der Waals surface area (Å²) in [4.78, 5) is 4.38. The van der Waals surface area contributed by atoms with Gasteiger partial charge >= 0.3 is 0 Å². The molecular formula is C22H20N4. The molecule has 2 aliphatic rings. The molecule has 2 unspecified atom stereocenters. The minimum Gasteiger partial charge on any atom is -0.337 e. The molecule has 4 heteroatoms. The van der Waals surface area contributed by atoms with Crippen LogP contribution < -0.4 is 5.43 Å². The Morgan fingerprint density at radius 2 is 1.96 bits per heavy atom. The van der Waals surface area contributed by atoms with Crippen molar-refractivity contribution in [1.29, 1.82) is 0 Å². The minimum absolute atomic E-state index is 0.152. The molecule has 2 aromatic carbocycles. The molecule has 2 atom stereocenters. The average molecular weight is 340 g/mol. The van der Waals surface area contributed by atoms with Gasteiger partial charge in [-0.05, 0) is 17.5 Å². The molecule has 0 amide bonds. The molecule has 26 heavy (non-hydrogen) atoms. The predicted octanol–water partition coefficient (Wildman–Crippen LogP) is 3.82. The smallest absolute Gasteiger partial charge is 0.0945 e. The number of nitrogens with zero attached hydrogens (tertiary/aromatic N) is 3. The van der Waals surface area contributed by atoms with Crippen LogP contribution in [0, 0.1) is 0 Å². The third-order valence-corrected chi connectivity index (χ3v) is 5.58. The largest absolute Gasteiger partial charge is 0.337 e. The van der Waals surface area contributed by atoms with Gasteiger partial charge in [0, 0.05) is 36.0 Å². The van der Waals surface area contributed by atoms with E-state index in [1.54, 1.807) is 0 Å². The first-order valence-corrected chi connectivity index (χ1v) is 8.90. The molecule has 1 aliphatic heterocycles. The first-order valence-electron chi connectivity index (χ1n) is 8.90. The Morgan fingerprint density at radius 3 is 2.73 bits per heavy atom. The lowest BCUT2D eigenvalue weighted by Crippen LogP contribution is -2.35. The highest BCUT2D eigenvalue weighted by Crippen LogP contribution is 2.45. The Labute approximate surface area is 152 Å². The van der Waals surface area contributed by atoms with E-state index in [0.29, 0.717) is 5.92 Å². The standard InChI is InChI=1S/C22H20N4/c1-14-17-10-6-9-16-11-18(15-7-4-3-5-8-15)21(19-12-23-13-26(19)2)22(20(16)17)25-24-14/h3-10,12-13,18,21,24H,1,11H2,2H3. The molecule has 0 saturated heterocycles. The van der Waals surface area contributed by atoms with Crippen molar-refractivity contribution in [2.45, 2.75) is 18.3 Å². The molecule has 0 saturated carbocycles. The normalized spacial score (nSPS) is 21.0. The zero-order valence-electron chi connectivity index (χ0n) is 14.7. The highest BCUT2D eigenvalue weighted by Gasteiger charge is 2.40. The molecule has 0 radical (unpaired) electrons. The van der Waals surface area contributed by atoms with Gasteiger partial charge in [0.15, 0.2) is 0 Å². The number of imidazole rings is 1. The van der Waals surface area contributed by atoms with Gasteiger partial charge < -0.3 is 4.57 Å². The van der Waals surface area contributed by atoms with Crippen molar-refractivity contribution in [2.24, 2.45) is 12.1 Å². The summed E-state index contributed by atoms with van der Waals surface area (Å²) in [6.07, 6.45) is 4.82. The number of nitrogens with one attached hydrogen (secondary N) is 1. The number of aromatic nitrogens is 2. The van der Waals surface area contributed by atoms with Crippen LogP contribution in [-0.2, 0) is 13.5 Å². The van der Waals surface area contributed by atoms with Gasteiger partial charge in [0.1, 0.15) is 0 Å². The molecule has 4 nitrogen and oxygen atoms in total. The number of benzene rings is 2. The maximum absolute atomic E-state index is 4.76. The minimum atomic E-state index is 0.152. The van der Waals surface area contributed by atoms with Crippen LogP contribution in [0.2, 0.25) is 0 Å². The third-order valence-electron chi connectivity index (χ3n) is 5.58. The number of aryl methyl sites for hydroxylation is 1. The summed E-state index contributed by atoms with van der Waals surface area (Å²) in [7, 11) is 2.06. The summed E-state index contributed by atoms with van der Waals surface area (Å²) in [5, 5.41) is 4.76. The first-order chi connectivity index (χ1) is 12.7. The summed E-state index contributed by atoms with van der Waals surface area (Å²) < 4.78 is 2.11. The highest BCUT2D eigenvalue weighted by atomic mass is 15.3. The lowest BCUT2D eigenvalue weighted by molar-refractivity contribution is 0.588. The van der Waals surface area contributed by atoms with Gasteiger partial charge in [-0.15, -0.1) is 0 Å². The van der Waals surface area contributed by atoms with Crippen molar-refractivity contribution in [2.75, 3.05) is 0 Å². The Balaban J connectivity index is 1.76. The van der Waals surface area contributed by atoms with Crippen LogP contribution in [0.5, 0.6) is 0 Å². The van der Waals surface area contributed by atoms with E-state index in [9.17, 15) is 0 Å². The average Bonchev–Trinajstić information content (AvgIpc) is 3.10. The van der Waals surface area contributed by atoms with E-state index < -0.39 is 0 Å². The van der Waals surface area contributed by atoms with Gasteiger partial charge in [0.25, 0.3) is 0 Å². The lowest BCUT2D eigenvalue weighted by atomic mass is 9.69. The molecule has 0 fully saturated rings. The quantitative estimate of drug-likeness (QED) is 0.770. The van der Waals surface area contributed by atoms with Crippen molar-refractivity contribution in [1.82, 2.24) is 15.0 Å². The number of hydrogen-bond acceptors (Lipinski definition) is 3. The van der Waals surface area contributed by atoms with Crippen LogP contribution in [0.15, 0.2) is 72.7 Å². The second-order valence-electron chi connectivity index (χ2n) is 7.06. The predicted molar refractivity (Wildman–Crippen MR) is 104 cm³/mol. The van der Waals surface area contributed by atoms with Crippen LogP contribution in [-0.4, -0.2) is 15.3 Å². The van der Waals surface area contributed by atoms with E-state index in [1.165, 1.54) is 22.4 Å². The maximum Gasteiger partial charge on any atom is 0.0945 e. The maximum atomic E-state index is 4.76. The number of rotatable bonds is 2. The fourth-order valence-electron chi connectivity index (χ4n) is 4.36. The van der Waals surface area contributed by atoms with Gasteiger partial charge in [-0.3, -0.25) is 5.43 Å². The summed E-state index contributed by atoms with van der Waals surface area (Å²) in [6.45, 7) is 4.14. The van der Waals surface area contributed by atoms with Crippen LogP contribution in [0.1, 0.15) is 39.8 Å². The molecule has 1 aromatic heterocycles. The van der Waals surface area contributed by atoms with Crippen LogP contribution in [0.25, 0.3) is 5.70 Å². The van der Waals surface area contributed by atoms with Crippen molar-refractivity contribution < 1.29 is 0 Å². The fourth-order valence-corrected chi connectivity index (χ4v) is 4.36. The van der Waals surface area contributed by atoms with Gasteiger partial charge in [0.05, 0.1) is 23.7 Å². The Kier molecular flexibility index (Phi) is 3.32. The topological polar surface area (TPSA) is 42.2 Å². The van der Waals surface area contributed by atoms with Crippen molar-refractivity contribution in [3.05, 3.63) is 95.6 Å². The molecule has 0 spiro atoms. The third kappa shape index (κ3) is 2.15. The fraction of sp³-hybridized carbons (Fsp3) is 0.182. The highest BCUT2D eigenvalue weighted by molar-refractivity contribution is 6.12. The Bertz CT molecular complexity index is 1030. The summed E-state index contributed by atoms with van der Waals surface area (Å²) >= 11 is 0. The number of hydrazone groups is 1.